The smallest absolute Gasteiger partial charge is 0.306 e. The number of rotatable bonds is 17. The van der Waals surface area contributed by atoms with Crippen LogP contribution in [0.2, 0.25) is 0 Å². The minimum absolute atomic E-state index is 0.00169. The lowest BCUT2D eigenvalue weighted by atomic mass is 9.82. The Labute approximate surface area is 200 Å². The minimum atomic E-state index is 0.00169. The lowest BCUT2D eigenvalue weighted by Gasteiger charge is -2.29. The van der Waals surface area contributed by atoms with Crippen LogP contribution in [0.5, 0.6) is 0 Å². The number of hydrogen-bond acceptors (Lipinski definition) is 2. The van der Waals surface area contributed by atoms with Gasteiger partial charge in [-0.3, -0.25) is 4.79 Å². The molecule has 0 unspecified atom stereocenters. The van der Waals surface area contributed by atoms with Gasteiger partial charge in [-0.2, -0.15) is 0 Å². The van der Waals surface area contributed by atoms with Gasteiger partial charge in [-0.1, -0.05) is 120 Å². The summed E-state index contributed by atoms with van der Waals surface area (Å²) in [6.07, 6.45) is 26.3. The average Bonchev–Trinajstić information content (AvgIpc) is 2.76. The van der Waals surface area contributed by atoms with Crippen molar-refractivity contribution in [2.24, 2.45) is 5.92 Å². The van der Waals surface area contributed by atoms with Gasteiger partial charge in [0.05, 0.1) is 0 Å². The van der Waals surface area contributed by atoms with Gasteiger partial charge in [-0.05, 0) is 45.1 Å². The third-order valence-corrected chi connectivity index (χ3v) is 6.94. The first kappa shape index (κ1) is 28.7. The summed E-state index contributed by atoms with van der Waals surface area (Å²) in [6, 6.07) is 0. The molecule has 0 aliphatic heterocycles. The van der Waals surface area contributed by atoms with Crippen LogP contribution >= 0.6 is 0 Å². The van der Waals surface area contributed by atoms with Gasteiger partial charge >= 0.3 is 5.97 Å². The Hall–Kier alpha value is -1.31. The molecule has 0 heterocycles. The number of unbranched alkanes of at least 4 members (excludes halogenated alkanes) is 12. The monoisotopic (exact) mass is 444 g/mol. The van der Waals surface area contributed by atoms with Gasteiger partial charge in [0, 0.05) is 12.8 Å². The van der Waals surface area contributed by atoms with Crippen molar-refractivity contribution in [3.8, 4) is 0 Å². The number of allylic oxidation sites excluding steroid dienone is 5. The van der Waals surface area contributed by atoms with E-state index in [4.69, 9.17) is 4.74 Å². The molecule has 0 aromatic heterocycles. The highest BCUT2D eigenvalue weighted by molar-refractivity contribution is 5.69. The molecule has 0 saturated carbocycles. The normalized spacial score (nSPS) is 19.7. The summed E-state index contributed by atoms with van der Waals surface area (Å²) < 4.78 is 5.83. The van der Waals surface area contributed by atoms with Gasteiger partial charge in [-0.15, -0.1) is 0 Å². The summed E-state index contributed by atoms with van der Waals surface area (Å²) in [5, 5.41) is 0. The standard InChI is InChI=1S/C30H52O2/c1-6-8-9-10-11-12-13-14-15-16-17-18-19-20-30(31)32-28-23-26(4)29(27(5)24-28)22-21-25(3)7-2/h7,21-22,26,28H,6,8-20,23-24H2,1-5H3/b22-21+,25-7+/t26-,28+/m1/s1. The van der Waals surface area contributed by atoms with Crippen molar-refractivity contribution in [3.63, 3.8) is 0 Å². The summed E-state index contributed by atoms with van der Waals surface area (Å²) in [6.45, 7) is 10.9. The number of hydrogen-bond donors (Lipinski definition) is 0. The number of carbonyl (C=O) groups is 1. The Morgan fingerprint density at radius 3 is 1.97 bits per heavy atom. The van der Waals surface area contributed by atoms with Crippen LogP contribution in [0, 0.1) is 5.92 Å². The van der Waals surface area contributed by atoms with E-state index in [9.17, 15) is 4.79 Å². The van der Waals surface area contributed by atoms with E-state index in [0.717, 1.165) is 25.7 Å². The van der Waals surface area contributed by atoms with E-state index in [2.05, 4.69) is 52.8 Å². The van der Waals surface area contributed by atoms with Crippen molar-refractivity contribution in [1.82, 2.24) is 0 Å². The summed E-state index contributed by atoms with van der Waals surface area (Å²) in [5.74, 6) is 0.445. The molecule has 32 heavy (non-hydrogen) atoms. The number of carbonyl (C=O) groups excluding carboxylic acids is 1. The molecule has 0 N–H and O–H groups in total. The fraction of sp³-hybridized carbons (Fsp3) is 0.767. The fourth-order valence-electron chi connectivity index (χ4n) is 4.73. The van der Waals surface area contributed by atoms with Gasteiger partial charge in [-0.25, -0.2) is 0 Å². The van der Waals surface area contributed by atoms with Crippen molar-refractivity contribution < 1.29 is 9.53 Å². The third kappa shape index (κ3) is 13.3. The molecule has 1 aliphatic rings. The van der Waals surface area contributed by atoms with E-state index in [1.54, 1.807) is 0 Å². The van der Waals surface area contributed by atoms with E-state index < -0.39 is 0 Å². The fourth-order valence-corrected chi connectivity index (χ4v) is 4.73. The number of esters is 1. The van der Waals surface area contributed by atoms with Crippen LogP contribution in [0.1, 0.15) is 137 Å². The molecule has 0 amide bonds. The second-order valence-corrected chi connectivity index (χ2v) is 10.0. The Morgan fingerprint density at radius 2 is 1.47 bits per heavy atom. The summed E-state index contributed by atoms with van der Waals surface area (Å²) in [4.78, 5) is 12.3. The molecule has 0 fully saturated rings. The second-order valence-electron chi connectivity index (χ2n) is 10.0. The van der Waals surface area contributed by atoms with Crippen LogP contribution in [0.4, 0.5) is 0 Å². The quantitative estimate of drug-likeness (QED) is 0.127. The average molecular weight is 445 g/mol. The van der Waals surface area contributed by atoms with Crippen molar-refractivity contribution >= 4 is 5.97 Å². The Bertz CT molecular complexity index is 596. The molecule has 2 atom stereocenters. The summed E-state index contributed by atoms with van der Waals surface area (Å²) >= 11 is 0. The Balaban J connectivity index is 2.09. The molecule has 0 aromatic rings. The second kappa shape index (κ2) is 18.2. The molecule has 0 bridgehead atoms. The first-order chi connectivity index (χ1) is 15.5. The largest absolute Gasteiger partial charge is 0.462 e. The van der Waals surface area contributed by atoms with E-state index in [-0.39, 0.29) is 12.1 Å². The predicted octanol–water partition coefficient (Wildman–Crippen LogP) is 9.65. The molecule has 1 rings (SSSR count). The predicted molar refractivity (Wildman–Crippen MR) is 140 cm³/mol. The zero-order valence-corrected chi connectivity index (χ0v) is 22.0. The molecular weight excluding hydrogens is 392 g/mol. The zero-order chi connectivity index (χ0) is 23.6. The molecule has 184 valence electrons. The highest BCUT2D eigenvalue weighted by Gasteiger charge is 2.25. The summed E-state index contributed by atoms with van der Waals surface area (Å²) in [5.41, 5.74) is 4.06. The van der Waals surface area contributed by atoms with Crippen molar-refractivity contribution in [2.45, 2.75) is 143 Å². The van der Waals surface area contributed by atoms with Crippen molar-refractivity contribution in [3.05, 3.63) is 34.9 Å². The van der Waals surface area contributed by atoms with E-state index >= 15 is 0 Å². The maximum atomic E-state index is 12.3. The molecule has 2 nitrogen and oxygen atoms in total. The van der Waals surface area contributed by atoms with Crippen LogP contribution in [-0.2, 0) is 9.53 Å². The lowest BCUT2D eigenvalue weighted by Crippen LogP contribution is -2.25. The van der Waals surface area contributed by atoms with Crippen LogP contribution in [0.15, 0.2) is 34.9 Å². The van der Waals surface area contributed by atoms with E-state index in [1.807, 2.05) is 0 Å². The molecular formula is C30H52O2. The first-order valence-electron chi connectivity index (χ1n) is 13.7. The minimum Gasteiger partial charge on any atom is -0.462 e. The van der Waals surface area contributed by atoms with E-state index in [1.165, 1.54) is 87.3 Å². The van der Waals surface area contributed by atoms with Gasteiger partial charge < -0.3 is 4.74 Å². The van der Waals surface area contributed by atoms with Gasteiger partial charge in [0.25, 0.3) is 0 Å². The van der Waals surface area contributed by atoms with Crippen LogP contribution < -0.4 is 0 Å². The van der Waals surface area contributed by atoms with Crippen molar-refractivity contribution in [2.75, 3.05) is 0 Å². The van der Waals surface area contributed by atoms with Gasteiger partial charge in [0.15, 0.2) is 0 Å². The van der Waals surface area contributed by atoms with Crippen molar-refractivity contribution in [1.29, 1.82) is 0 Å². The van der Waals surface area contributed by atoms with E-state index in [0.29, 0.717) is 12.3 Å². The summed E-state index contributed by atoms with van der Waals surface area (Å²) in [7, 11) is 0. The Kier molecular flexibility index (Phi) is 16.3. The SMILES string of the molecule is C/C=C(C)/C=C/C1=C(C)C[C@@H](OC(=O)CCCCCCCCCCCCCCC)C[C@H]1C. The van der Waals surface area contributed by atoms with Crippen LogP contribution in [0.25, 0.3) is 0 Å². The molecule has 2 heteroatoms. The highest BCUT2D eigenvalue weighted by Crippen LogP contribution is 2.33. The zero-order valence-electron chi connectivity index (χ0n) is 22.0. The number of ether oxygens (including phenoxy) is 1. The Morgan fingerprint density at radius 1 is 0.938 bits per heavy atom. The topological polar surface area (TPSA) is 26.3 Å². The van der Waals surface area contributed by atoms with Gasteiger partial charge in [0.1, 0.15) is 6.10 Å². The first-order valence-corrected chi connectivity index (χ1v) is 13.7. The molecule has 0 radical (unpaired) electrons. The third-order valence-electron chi connectivity index (χ3n) is 6.94. The molecule has 1 aliphatic carbocycles. The van der Waals surface area contributed by atoms with Crippen LogP contribution in [-0.4, -0.2) is 12.1 Å². The van der Waals surface area contributed by atoms with Gasteiger partial charge in [0.2, 0.25) is 0 Å². The maximum absolute atomic E-state index is 12.3. The maximum Gasteiger partial charge on any atom is 0.306 e. The van der Waals surface area contributed by atoms with Crippen LogP contribution in [0.3, 0.4) is 0 Å². The molecule has 0 spiro atoms. The molecule has 0 aromatic carbocycles. The highest BCUT2D eigenvalue weighted by atomic mass is 16.5. The molecule has 0 saturated heterocycles. The lowest BCUT2D eigenvalue weighted by molar-refractivity contribution is -0.150.